The van der Waals surface area contributed by atoms with Gasteiger partial charge in [0, 0.05) is 31.0 Å². The Hall–Kier alpha value is -2.80. The standard InChI is InChI=1S/C24H29NO6/c1-13(2)19-7-15-8-23(31-12-14-5-16(6-14)29-3)22(30-4)9-17(15)20-10-21(26)18(24(27)28)11-25(19)20/h8-11,13-14,16,19H,5-7,12H2,1-4H3,(H,27,28)/t14?,16?,19-/m0/s1. The molecule has 2 heterocycles. The highest BCUT2D eigenvalue weighted by Crippen LogP contribution is 2.43. The molecular weight excluding hydrogens is 398 g/mol. The number of carboxylic acid groups (broad SMARTS) is 1. The van der Waals surface area contributed by atoms with Crippen molar-refractivity contribution in [3.8, 4) is 22.8 Å². The fourth-order valence-corrected chi connectivity index (χ4v) is 4.57. The van der Waals surface area contributed by atoms with Crippen molar-refractivity contribution in [1.82, 2.24) is 4.57 Å². The number of rotatable bonds is 7. The molecule has 4 rings (SSSR count). The molecular formula is C24H29NO6. The van der Waals surface area contributed by atoms with Gasteiger partial charge in [0.05, 0.1) is 25.5 Å². The minimum Gasteiger partial charge on any atom is -0.493 e. The van der Waals surface area contributed by atoms with Crippen LogP contribution in [0.15, 0.2) is 29.2 Å². The van der Waals surface area contributed by atoms with Crippen molar-refractivity contribution in [1.29, 1.82) is 0 Å². The smallest absolute Gasteiger partial charge is 0.341 e. The van der Waals surface area contributed by atoms with Gasteiger partial charge in [0.2, 0.25) is 0 Å². The molecule has 1 aromatic heterocycles. The number of nitrogens with zero attached hydrogens (tertiary/aromatic N) is 1. The van der Waals surface area contributed by atoms with Crippen LogP contribution in [0.3, 0.4) is 0 Å². The summed E-state index contributed by atoms with van der Waals surface area (Å²) in [6, 6.07) is 5.37. The third kappa shape index (κ3) is 3.94. The molecule has 2 aliphatic rings. The van der Waals surface area contributed by atoms with Crippen LogP contribution in [0.5, 0.6) is 11.5 Å². The zero-order valence-electron chi connectivity index (χ0n) is 18.4. The van der Waals surface area contributed by atoms with Crippen LogP contribution in [0.25, 0.3) is 11.3 Å². The van der Waals surface area contributed by atoms with Crippen LogP contribution < -0.4 is 14.9 Å². The quantitative estimate of drug-likeness (QED) is 0.724. The van der Waals surface area contributed by atoms with Crippen molar-refractivity contribution in [2.45, 2.75) is 45.3 Å². The van der Waals surface area contributed by atoms with Gasteiger partial charge in [0.25, 0.3) is 0 Å². The molecule has 0 spiro atoms. The van der Waals surface area contributed by atoms with Crippen LogP contribution in [0.2, 0.25) is 0 Å². The average Bonchev–Trinajstić information content (AvgIpc) is 2.70. The van der Waals surface area contributed by atoms with Crippen LogP contribution in [0.1, 0.15) is 48.7 Å². The molecule has 0 saturated heterocycles. The molecule has 1 saturated carbocycles. The van der Waals surface area contributed by atoms with Crippen LogP contribution in [-0.2, 0) is 11.2 Å². The van der Waals surface area contributed by atoms with Crippen molar-refractivity contribution >= 4 is 5.97 Å². The van der Waals surface area contributed by atoms with E-state index in [1.54, 1.807) is 14.2 Å². The van der Waals surface area contributed by atoms with Gasteiger partial charge in [0.15, 0.2) is 16.9 Å². The highest BCUT2D eigenvalue weighted by atomic mass is 16.5. The number of hydrogen-bond acceptors (Lipinski definition) is 5. The van der Waals surface area contributed by atoms with Gasteiger partial charge in [-0.15, -0.1) is 0 Å². The Morgan fingerprint density at radius 1 is 1.19 bits per heavy atom. The van der Waals surface area contributed by atoms with E-state index in [0.717, 1.165) is 30.4 Å². The fourth-order valence-electron chi connectivity index (χ4n) is 4.57. The molecule has 166 valence electrons. The number of carbonyl (C=O) groups is 1. The average molecular weight is 427 g/mol. The molecule has 1 aliphatic heterocycles. The third-order valence-electron chi connectivity index (χ3n) is 6.53. The Morgan fingerprint density at radius 3 is 2.55 bits per heavy atom. The first-order valence-electron chi connectivity index (χ1n) is 10.7. The van der Waals surface area contributed by atoms with E-state index in [2.05, 4.69) is 13.8 Å². The molecule has 1 atom stereocenters. The van der Waals surface area contributed by atoms with Crippen LogP contribution in [0.4, 0.5) is 0 Å². The van der Waals surface area contributed by atoms with Gasteiger partial charge in [-0.1, -0.05) is 13.8 Å². The number of ether oxygens (including phenoxy) is 3. The molecule has 1 N–H and O–H groups in total. The maximum atomic E-state index is 12.4. The maximum absolute atomic E-state index is 12.4. The number of hydrogen-bond donors (Lipinski definition) is 1. The predicted octanol–water partition coefficient (Wildman–Crippen LogP) is 3.78. The second-order valence-corrected chi connectivity index (χ2v) is 8.83. The summed E-state index contributed by atoms with van der Waals surface area (Å²) in [6.07, 6.45) is 4.53. The predicted molar refractivity (Wildman–Crippen MR) is 116 cm³/mol. The first kappa shape index (κ1) is 21.4. The Bertz CT molecular complexity index is 1050. The van der Waals surface area contributed by atoms with Crippen molar-refractivity contribution < 1.29 is 24.1 Å². The molecule has 31 heavy (non-hydrogen) atoms. The molecule has 7 nitrogen and oxygen atoms in total. The number of aromatic carboxylic acids is 1. The first-order valence-corrected chi connectivity index (χ1v) is 10.7. The molecule has 0 radical (unpaired) electrons. The summed E-state index contributed by atoms with van der Waals surface area (Å²) < 4.78 is 19.0. The summed E-state index contributed by atoms with van der Waals surface area (Å²) in [5.74, 6) is 0.821. The summed E-state index contributed by atoms with van der Waals surface area (Å²) in [7, 11) is 3.33. The van der Waals surface area contributed by atoms with Crippen molar-refractivity contribution in [2.75, 3.05) is 20.8 Å². The van der Waals surface area contributed by atoms with E-state index in [4.69, 9.17) is 14.2 Å². The topological polar surface area (TPSA) is 87.0 Å². The summed E-state index contributed by atoms with van der Waals surface area (Å²) in [4.78, 5) is 24.0. The second-order valence-electron chi connectivity index (χ2n) is 8.83. The Kier molecular flexibility index (Phi) is 5.79. The van der Waals surface area contributed by atoms with Gasteiger partial charge in [-0.05, 0) is 48.8 Å². The summed E-state index contributed by atoms with van der Waals surface area (Å²) >= 11 is 0. The van der Waals surface area contributed by atoms with Gasteiger partial charge >= 0.3 is 5.97 Å². The van der Waals surface area contributed by atoms with Crippen molar-refractivity contribution in [3.05, 3.63) is 45.7 Å². The van der Waals surface area contributed by atoms with Gasteiger partial charge < -0.3 is 23.9 Å². The van der Waals surface area contributed by atoms with E-state index in [1.165, 1.54) is 12.3 Å². The minimum atomic E-state index is -1.21. The zero-order valence-corrected chi connectivity index (χ0v) is 18.4. The van der Waals surface area contributed by atoms with Gasteiger partial charge in [-0.3, -0.25) is 4.79 Å². The molecule has 1 fully saturated rings. The van der Waals surface area contributed by atoms with Crippen LogP contribution >= 0.6 is 0 Å². The summed E-state index contributed by atoms with van der Waals surface area (Å²) in [5, 5.41) is 9.41. The molecule has 0 amide bonds. The fraction of sp³-hybridized carbons (Fsp3) is 0.500. The van der Waals surface area contributed by atoms with Crippen LogP contribution in [-0.4, -0.2) is 42.6 Å². The van der Waals surface area contributed by atoms with Gasteiger partial charge in [-0.25, -0.2) is 4.79 Å². The highest BCUT2D eigenvalue weighted by molar-refractivity contribution is 5.88. The van der Waals surface area contributed by atoms with Gasteiger partial charge in [0.1, 0.15) is 5.56 Å². The second kappa shape index (κ2) is 8.38. The lowest BCUT2D eigenvalue weighted by molar-refractivity contribution is -0.0144. The van der Waals surface area contributed by atoms with E-state index >= 15 is 0 Å². The molecule has 1 aromatic carbocycles. The number of pyridine rings is 1. The monoisotopic (exact) mass is 427 g/mol. The van der Waals surface area contributed by atoms with Gasteiger partial charge in [-0.2, -0.15) is 0 Å². The Balaban J connectivity index is 1.72. The Labute approximate surface area is 181 Å². The van der Waals surface area contributed by atoms with Crippen molar-refractivity contribution in [3.63, 3.8) is 0 Å². The van der Waals surface area contributed by atoms with Crippen LogP contribution in [0, 0.1) is 11.8 Å². The van der Waals surface area contributed by atoms with E-state index in [-0.39, 0.29) is 17.5 Å². The largest absolute Gasteiger partial charge is 0.493 e. The SMILES string of the molecule is COc1cc2c(cc1OCC1CC(OC)C1)C[C@@H](C(C)C)n1cc(C(=O)O)c(=O)cc1-2. The Morgan fingerprint density at radius 2 is 1.94 bits per heavy atom. The lowest BCUT2D eigenvalue weighted by atomic mass is 9.83. The van der Waals surface area contributed by atoms with E-state index in [9.17, 15) is 14.7 Å². The lowest BCUT2D eigenvalue weighted by Crippen LogP contribution is -2.34. The van der Waals surface area contributed by atoms with E-state index < -0.39 is 11.4 Å². The first-order chi connectivity index (χ1) is 14.8. The third-order valence-corrected chi connectivity index (χ3v) is 6.53. The summed E-state index contributed by atoms with van der Waals surface area (Å²) in [6.45, 7) is 4.81. The normalized spacial score (nSPS) is 21.8. The number of benzene rings is 1. The number of aromatic nitrogens is 1. The van der Waals surface area contributed by atoms with E-state index in [0.29, 0.717) is 35.8 Å². The summed E-state index contributed by atoms with van der Waals surface area (Å²) in [5.41, 5.74) is 1.95. The lowest BCUT2D eigenvalue weighted by Gasteiger charge is -2.35. The maximum Gasteiger partial charge on any atom is 0.341 e. The number of methoxy groups -OCH3 is 2. The zero-order chi connectivity index (χ0) is 22.3. The van der Waals surface area contributed by atoms with E-state index in [1.807, 2.05) is 16.7 Å². The van der Waals surface area contributed by atoms with Crippen molar-refractivity contribution in [2.24, 2.45) is 11.8 Å². The molecule has 7 heteroatoms. The molecule has 2 aromatic rings. The molecule has 1 aliphatic carbocycles. The minimum absolute atomic E-state index is 0.0385. The molecule has 0 bridgehead atoms. The molecule has 0 unspecified atom stereocenters. The number of fused-ring (bicyclic) bond motifs is 3. The number of carboxylic acids is 1. The highest BCUT2D eigenvalue weighted by Gasteiger charge is 2.31.